The van der Waals surface area contributed by atoms with Gasteiger partial charge in [0.2, 0.25) is 0 Å². The highest BCUT2D eigenvalue weighted by atomic mass is 35.6. The first kappa shape index (κ1) is 32.1. The molecule has 1 aromatic heterocycles. The van der Waals surface area contributed by atoms with Crippen molar-refractivity contribution in [2.24, 2.45) is 5.92 Å². The molecule has 0 bridgehead atoms. The van der Waals surface area contributed by atoms with Crippen molar-refractivity contribution in [3.8, 4) is 0 Å². The number of halogens is 3. The van der Waals surface area contributed by atoms with Gasteiger partial charge in [0.1, 0.15) is 0 Å². The van der Waals surface area contributed by atoms with Crippen molar-refractivity contribution in [3.63, 3.8) is 0 Å². The second-order valence-electron chi connectivity index (χ2n) is 11.7. The van der Waals surface area contributed by atoms with Crippen LogP contribution in [0, 0.1) is 5.92 Å². The van der Waals surface area contributed by atoms with E-state index < -0.39 is 16.0 Å². The normalized spacial score (nSPS) is 23.3. The number of aliphatic hydroxyl groups excluding tert-OH is 1. The number of likely N-dealkylation sites (tertiary alicyclic amines) is 1. The number of aromatic amines is 1. The number of hydrogen-bond donors (Lipinski definition) is 3. The molecule has 3 aromatic carbocycles. The van der Waals surface area contributed by atoms with Gasteiger partial charge in [-0.25, -0.2) is 4.79 Å². The number of benzene rings is 3. The molecule has 45 heavy (non-hydrogen) atoms. The number of rotatable bonds is 7. The molecular weight excluding hydrogens is 639 g/mol. The average molecular weight is 674 g/mol. The lowest BCUT2D eigenvalue weighted by atomic mass is 9.89. The molecule has 3 heterocycles. The van der Waals surface area contributed by atoms with Crippen molar-refractivity contribution in [3.05, 3.63) is 100.0 Å². The first-order valence-corrected chi connectivity index (χ1v) is 16.1. The number of para-hydroxylation sites is 2. The van der Waals surface area contributed by atoms with E-state index in [-0.39, 0.29) is 36.5 Å². The number of amides is 1. The van der Waals surface area contributed by atoms with Crippen molar-refractivity contribution >= 4 is 57.4 Å². The highest BCUT2D eigenvalue weighted by Gasteiger charge is 2.40. The lowest BCUT2D eigenvalue weighted by Crippen LogP contribution is -2.47. The largest absolute Gasteiger partial charge is 0.392 e. The molecule has 2 aliphatic heterocycles. The number of carbonyl (C=O) groups is 1. The monoisotopic (exact) mass is 672 g/mol. The zero-order valence-corrected chi connectivity index (χ0v) is 26.9. The van der Waals surface area contributed by atoms with Crippen LogP contribution in [0.3, 0.4) is 0 Å². The van der Waals surface area contributed by atoms with Crippen LogP contribution in [0.2, 0.25) is 0 Å². The highest BCUT2D eigenvalue weighted by Crippen LogP contribution is 2.42. The van der Waals surface area contributed by atoms with E-state index in [1.165, 1.54) is 0 Å². The second-order valence-corrected chi connectivity index (χ2v) is 14.0. The standard InChI is InChI=1S/C33H35Cl3N4O5/c1-20-28(18-39-16-14-25(15-17-39)40-27-5-3-2-4-26(27)38-32(40)43)44-30(45-29(20)22-8-6-21(19-41)7-9-22)23-10-12-24(13-11-23)37-31(42)33(34,35)36/h2-13,20,25,28-30,41H,14-19H2,1H3,(H,37,42)(H,38,43). The Kier molecular flexibility index (Phi) is 9.59. The summed E-state index contributed by atoms with van der Waals surface area (Å²) in [6.07, 6.45) is 0.649. The predicted octanol–water partition coefficient (Wildman–Crippen LogP) is 6.26. The molecule has 3 N–H and O–H groups in total. The lowest BCUT2D eigenvalue weighted by molar-refractivity contribution is -0.276. The van der Waals surface area contributed by atoms with Gasteiger partial charge in [-0.3, -0.25) is 9.36 Å². The van der Waals surface area contributed by atoms with Gasteiger partial charge in [-0.05, 0) is 48.2 Å². The Balaban J connectivity index is 1.18. The fraction of sp³-hybridized carbons (Fsp3) is 0.394. The molecule has 4 aromatic rings. The molecule has 0 saturated carbocycles. The first-order valence-electron chi connectivity index (χ1n) is 15.0. The zero-order valence-electron chi connectivity index (χ0n) is 24.7. The van der Waals surface area contributed by atoms with Gasteiger partial charge in [0.05, 0.1) is 29.8 Å². The van der Waals surface area contributed by atoms with Crippen LogP contribution in [0.1, 0.15) is 54.9 Å². The fourth-order valence-electron chi connectivity index (χ4n) is 6.30. The number of nitrogens with one attached hydrogen (secondary N) is 2. The number of aromatic nitrogens is 2. The molecule has 6 rings (SSSR count). The summed E-state index contributed by atoms with van der Waals surface area (Å²) in [6.45, 7) is 4.49. The van der Waals surface area contributed by atoms with Gasteiger partial charge in [0.25, 0.3) is 9.70 Å². The Morgan fingerprint density at radius 1 is 0.978 bits per heavy atom. The van der Waals surface area contributed by atoms with Crippen LogP contribution in [0.25, 0.3) is 11.0 Å². The Morgan fingerprint density at radius 3 is 2.31 bits per heavy atom. The molecule has 0 radical (unpaired) electrons. The maximum absolute atomic E-state index is 12.8. The van der Waals surface area contributed by atoms with Crippen molar-refractivity contribution in [1.82, 2.24) is 14.5 Å². The number of fused-ring (bicyclic) bond motifs is 1. The molecule has 2 saturated heterocycles. The summed E-state index contributed by atoms with van der Waals surface area (Å²) in [6, 6.07) is 22.8. The summed E-state index contributed by atoms with van der Waals surface area (Å²) >= 11 is 17.1. The first-order chi connectivity index (χ1) is 21.6. The number of anilines is 1. The molecule has 1 amide bonds. The molecule has 2 fully saturated rings. The zero-order chi connectivity index (χ0) is 31.7. The summed E-state index contributed by atoms with van der Waals surface area (Å²) in [5, 5.41) is 12.1. The molecule has 2 aliphatic rings. The molecule has 4 unspecified atom stereocenters. The van der Waals surface area contributed by atoms with Crippen LogP contribution >= 0.6 is 34.8 Å². The van der Waals surface area contributed by atoms with Gasteiger partial charge < -0.3 is 29.8 Å². The van der Waals surface area contributed by atoms with Gasteiger partial charge in [0, 0.05) is 42.8 Å². The van der Waals surface area contributed by atoms with Crippen molar-refractivity contribution in [2.45, 2.75) is 54.7 Å². The third kappa shape index (κ3) is 7.10. The Hall–Kier alpha value is -2.89. The minimum absolute atomic E-state index is 0.0260. The van der Waals surface area contributed by atoms with Crippen molar-refractivity contribution < 1.29 is 19.4 Å². The quantitative estimate of drug-likeness (QED) is 0.200. The topological polar surface area (TPSA) is 109 Å². The van der Waals surface area contributed by atoms with E-state index in [2.05, 4.69) is 22.1 Å². The number of imidazole rings is 1. The highest BCUT2D eigenvalue weighted by molar-refractivity contribution is 6.76. The third-order valence-electron chi connectivity index (χ3n) is 8.81. The third-order valence-corrected chi connectivity index (χ3v) is 9.32. The van der Waals surface area contributed by atoms with E-state index in [9.17, 15) is 14.7 Å². The number of ether oxygens (including phenoxy) is 2. The fourth-order valence-corrected chi connectivity index (χ4v) is 6.45. The number of aliphatic hydroxyl groups is 1. The average Bonchev–Trinajstić information content (AvgIpc) is 3.38. The van der Waals surface area contributed by atoms with Crippen molar-refractivity contribution in [1.29, 1.82) is 0 Å². The number of hydrogen-bond acceptors (Lipinski definition) is 6. The van der Waals surface area contributed by atoms with E-state index in [1.807, 2.05) is 65.2 Å². The van der Waals surface area contributed by atoms with Crippen LogP contribution < -0.4 is 11.0 Å². The second kappa shape index (κ2) is 13.5. The number of piperidine rings is 1. The Morgan fingerprint density at radius 2 is 1.64 bits per heavy atom. The predicted molar refractivity (Wildman–Crippen MR) is 176 cm³/mol. The Bertz CT molecular complexity index is 1680. The number of nitrogens with zero attached hydrogens (tertiary/aromatic N) is 2. The molecule has 12 heteroatoms. The van der Waals surface area contributed by atoms with Gasteiger partial charge in [-0.2, -0.15) is 0 Å². The SMILES string of the molecule is CC1C(CN2CCC(n3c(=O)[nH]c4ccccc43)CC2)OC(c2ccc(NC(=O)C(Cl)(Cl)Cl)cc2)OC1c1ccc(CO)cc1. The molecular formula is C33H35Cl3N4O5. The van der Waals surface area contributed by atoms with Crippen molar-refractivity contribution in [2.75, 3.05) is 25.0 Å². The van der Waals surface area contributed by atoms with Gasteiger partial charge in [0.15, 0.2) is 6.29 Å². The van der Waals surface area contributed by atoms with Gasteiger partial charge in [-0.1, -0.05) is 90.3 Å². The van der Waals surface area contributed by atoms with Gasteiger partial charge in [-0.15, -0.1) is 0 Å². The summed E-state index contributed by atoms with van der Waals surface area (Å²) in [5.41, 5.74) is 4.83. The maximum atomic E-state index is 12.8. The van der Waals surface area contributed by atoms with E-state index in [0.717, 1.165) is 53.7 Å². The number of H-pyrrole nitrogens is 1. The minimum Gasteiger partial charge on any atom is -0.392 e. The number of carbonyl (C=O) groups excluding carboxylic acids is 1. The molecule has 0 spiro atoms. The summed E-state index contributed by atoms with van der Waals surface area (Å²) < 4.78 is 13.0. The van der Waals surface area contributed by atoms with Crippen LogP contribution in [0.4, 0.5) is 5.69 Å². The summed E-state index contributed by atoms with van der Waals surface area (Å²) in [4.78, 5) is 30.3. The summed E-state index contributed by atoms with van der Waals surface area (Å²) in [5.74, 6) is -0.720. The molecule has 0 aliphatic carbocycles. The van der Waals surface area contributed by atoms with E-state index in [4.69, 9.17) is 44.3 Å². The van der Waals surface area contributed by atoms with E-state index in [0.29, 0.717) is 12.2 Å². The van der Waals surface area contributed by atoms with Crippen LogP contribution in [0.5, 0.6) is 0 Å². The minimum atomic E-state index is -2.07. The number of alkyl halides is 3. The van der Waals surface area contributed by atoms with Crippen LogP contribution in [-0.4, -0.2) is 55.0 Å². The van der Waals surface area contributed by atoms with Crippen LogP contribution in [-0.2, 0) is 20.9 Å². The maximum Gasteiger partial charge on any atom is 0.326 e. The van der Waals surface area contributed by atoms with E-state index in [1.54, 1.807) is 12.1 Å². The molecule has 4 atom stereocenters. The Labute approximate surface area is 276 Å². The van der Waals surface area contributed by atoms with Gasteiger partial charge >= 0.3 is 5.69 Å². The van der Waals surface area contributed by atoms with E-state index >= 15 is 0 Å². The lowest BCUT2D eigenvalue weighted by Gasteiger charge is -2.44. The summed E-state index contributed by atoms with van der Waals surface area (Å²) in [7, 11) is 0. The molecule has 238 valence electrons. The van der Waals surface area contributed by atoms with Crippen LogP contribution in [0.15, 0.2) is 77.6 Å². The molecule has 9 nitrogen and oxygen atoms in total. The smallest absolute Gasteiger partial charge is 0.326 e.